The van der Waals surface area contributed by atoms with Crippen molar-refractivity contribution in [2.45, 2.75) is 52.2 Å². The van der Waals surface area contributed by atoms with Gasteiger partial charge in [0.1, 0.15) is 0 Å². The molecule has 1 aromatic heterocycles. The van der Waals surface area contributed by atoms with E-state index in [0.717, 1.165) is 32.4 Å². The van der Waals surface area contributed by atoms with Crippen molar-refractivity contribution in [2.24, 2.45) is 7.05 Å². The summed E-state index contributed by atoms with van der Waals surface area (Å²) in [5, 5.41) is 7.78. The molecule has 1 N–H and O–H groups in total. The number of nitrogens with one attached hydrogen (secondary N) is 1. The Morgan fingerprint density at radius 1 is 1.39 bits per heavy atom. The lowest BCUT2D eigenvalue weighted by molar-refractivity contribution is 0.0285. The Morgan fingerprint density at radius 2 is 2.17 bits per heavy atom. The lowest BCUT2D eigenvalue weighted by Gasteiger charge is -2.27. The van der Waals surface area contributed by atoms with Crippen LogP contribution in [0.2, 0.25) is 0 Å². The zero-order valence-electron chi connectivity index (χ0n) is 12.1. The van der Waals surface area contributed by atoms with Gasteiger partial charge < -0.3 is 10.1 Å². The Morgan fingerprint density at radius 3 is 2.67 bits per heavy atom. The maximum atomic E-state index is 5.89. The molecule has 0 saturated carbocycles. The van der Waals surface area contributed by atoms with E-state index in [1.807, 2.05) is 17.9 Å². The van der Waals surface area contributed by atoms with Crippen LogP contribution >= 0.6 is 0 Å². The number of ether oxygens (including phenoxy) is 1. The van der Waals surface area contributed by atoms with Gasteiger partial charge in [-0.1, -0.05) is 20.3 Å². The van der Waals surface area contributed by atoms with Crippen LogP contribution in [0.5, 0.6) is 0 Å². The van der Waals surface area contributed by atoms with Gasteiger partial charge in [-0.15, -0.1) is 0 Å². The molecule has 104 valence electrons. The molecule has 0 aliphatic heterocycles. The largest absolute Gasteiger partial charge is 0.377 e. The van der Waals surface area contributed by atoms with Crippen LogP contribution < -0.4 is 5.32 Å². The summed E-state index contributed by atoms with van der Waals surface area (Å²) in [6, 6.07) is 0.374. The Labute approximate surface area is 111 Å². The molecule has 4 nitrogen and oxygen atoms in total. The molecule has 2 atom stereocenters. The molecule has 1 heterocycles. The average Bonchev–Trinajstić information content (AvgIpc) is 2.74. The fourth-order valence-electron chi connectivity index (χ4n) is 2.33. The molecule has 0 spiro atoms. The second-order valence-corrected chi connectivity index (χ2v) is 4.67. The molecule has 0 fully saturated rings. The molecule has 0 amide bonds. The third-order valence-electron chi connectivity index (χ3n) is 3.08. The first kappa shape index (κ1) is 15.2. The minimum atomic E-state index is 0.292. The van der Waals surface area contributed by atoms with E-state index in [9.17, 15) is 0 Å². The predicted molar refractivity (Wildman–Crippen MR) is 74.7 cm³/mol. The number of aryl methyl sites for hydroxylation is 1. The van der Waals surface area contributed by atoms with Gasteiger partial charge in [0.2, 0.25) is 0 Å². The summed E-state index contributed by atoms with van der Waals surface area (Å²) >= 11 is 0. The van der Waals surface area contributed by atoms with Crippen molar-refractivity contribution in [3.8, 4) is 0 Å². The molecule has 18 heavy (non-hydrogen) atoms. The van der Waals surface area contributed by atoms with Crippen molar-refractivity contribution in [2.75, 3.05) is 13.2 Å². The molecule has 0 aliphatic rings. The molecule has 0 bridgehead atoms. The van der Waals surface area contributed by atoms with Gasteiger partial charge in [0, 0.05) is 25.9 Å². The van der Waals surface area contributed by atoms with Crippen molar-refractivity contribution >= 4 is 0 Å². The number of rotatable bonds is 9. The second-order valence-electron chi connectivity index (χ2n) is 4.67. The topological polar surface area (TPSA) is 39.1 Å². The van der Waals surface area contributed by atoms with Gasteiger partial charge in [0.25, 0.3) is 0 Å². The summed E-state index contributed by atoms with van der Waals surface area (Å²) in [5.74, 6) is 0. The van der Waals surface area contributed by atoms with Crippen LogP contribution in [0.25, 0.3) is 0 Å². The fourth-order valence-corrected chi connectivity index (χ4v) is 2.33. The SMILES string of the molecule is CCCC(OCC)C(Cc1cnn(C)c1)NCC. The van der Waals surface area contributed by atoms with Gasteiger partial charge in [0.05, 0.1) is 12.3 Å². The molecule has 4 heteroatoms. The Balaban J connectivity index is 2.66. The van der Waals surface area contributed by atoms with E-state index in [1.54, 1.807) is 0 Å². The van der Waals surface area contributed by atoms with Crippen LogP contribution in [-0.2, 0) is 18.2 Å². The molecule has 0 radical (unpaired) electrons. The Kier molecular flexibility index (Phi) is 6.98. The third kappa shape index (κ3) is 4.78. The van der Waals surface area contributed by atoms with E-state index in [1.165, 1.54) is 5.56 Å². The van der Waals surface area contributed by atoms with Crippen molar-refractivity contribution in [1.82, 2.24) is 15.1 Å². The summed E-state index contributed by atoms with van der Waals surface area (Å²) in [4.78, 5) is 0. The van der Waals surface area contributed by atoms with E-state index in [-0.39, 0.29) is 0 Å². The summed E-state index contributed by atoms with van der Waals surface area (Å²) in [7, 11) is 1.96. The van der Waals surface area contributed by atoms with Crippen LogP contribution in [0.15, 0.2) is 12.4 Å². The fraction of sp³-hybridized carbons (Fsp3) is 0.786. The van der Waals surface area contributed by atoms with E-state index >= 15 is 0 Å². The van der Waals surface area contributed by atoms with E-state index in [0.29, 0.717) is 12.1 Å². The Hall–Kier alpha value is -0.870. The maximum absolute atomic E-state index is 5.89. The molecule has 1 aromatic rings. The standard InChI is InChI=1S/C14H27N3O/c1-5-8-14(18-7-3)13(15-6-2)9-12-10-16-17(4)11-12/h10-11,13-15H,5-9H2,1-4H3. The van der Waals surface area contributed by atoms with Crippen LogP contribution in [0, 0.1) is 0 Å². The highest BCUT2D eigenvalue weighted by Crippen LogP contribution is 2.13. The van der Waals surface area contributed by atoms with E-state index < -0.39 is 0 Å². The van der Waals surface area contributed by atoms with E-state index in [2.05, 4.69) is 37.4 Å². The number of hydrogen-bond acceptors (Lipinski definition) is 3. The van der Waals surface area contributed by atoms with Crippen molar-refractivity contribution in [3.05, 3.63) is 18.0 Å². The minimum Gasteiger partial charge on any atom is -0.377 e. The molecule has 0 aliphatic carbocycles. The van der Waals surface area contributed by atoms with Crippen molar-refractivity contribution < 1.29 is 4.74 Å². The highest BCUT2D eigenvalue weighted by Gasteiger charge is 2.21. The van der Waals surface area contributed by atoms with Crippen LogP contribution in [0.4, 0.5) is 0 Å². The third-order valence-corrected chi connectivity index (χ3v) is 3.08. The highest BCUT2D eigenvalue weighted by atomic mass is 16.5. The minimum absolute atomic E-state index is 0.292. The normalized spacial score (nSPS) is 14.7. The van der Waals surface area contributed by atoms with Gasteiger partial charge in [-0.25, -0.2) is 0 Å². The Bertz CT molecular complexity index is 319. The number of aromatic nitrogens is 2. The molecule has 1 rings (SSSR count). The first-order valence-electron chi connectivity index (χ1n) is 7.03. The first-order valence-corrected chi connectivity index (χ1v) is 7.03. The van der Waals surface area contributed by atoms with Crippen LogP contribution in [0.3, 0.4) is 0 Å². The zero-order valence-corrected chi connectivity index (χ0v) is 12.1. The van der Waals surface area contributed by atoms with Gasteiger partial charge in [-0.05, 0) is 31.9 Å². The van der Waals surface area contributed by atoms with Gasteiger partial charge >= 0.3 is 0 Å². The van der Waals surface area contributed by atoms with Crippen LogP contribution in [0.1, 0.15) is 39.2 Å². The lowest BCUT2D eigenvalue weighted by Crippen LogP contribution is -2.43. The second kappa shape index (κ2) is 8.27. The number of hydrogen-bond donors (Lipinski definition) is 1. The van der Waals surface area contributed by atoms with Gasteiger partial charge in [-0.3, -0.25) is 4.68 Å². The van der Waals surface area contributed by atoms with Gasteiger partial charge in [-0.2, -0.15) is 5.10 Å². The number of likely N-dealkylation sites (N-methyl/N-ethyl adjacent to an activating group) is 1. The quantitative estimate of drug-likeness (QED) is 0.733. The van der Waals surface area contributed by atoms with Crippen molar-refractivity contribution in [3.63, 3.8) is 0 Å². The lowest BCUT2D eigenvalue weighted by atomic mass is 10.00. The summed E-state index contributed by atoms with van der Waals surface area (Å²) < 4.78 is 7.74. The van der Waals surface area contributed by atoms with Gasteiger partial charge in [0.15, 0.2) is 0 Å². The molecular weight excluding hydrogens is 226 g/mol. The zero-order chi connectivity index (χ0) is 13.4. The molecule has 0 saturated heterocycles. The van der Waals surface area contributed by atoms with E-state index in [4.69, 9.17) is 4.74 Å². The van der Waals surface area contributed by atoms with Crippen molar-refractivity contribution in [1.29, 1.82) is 0 Å². The smallest absolute Gasteiger partial charge is 0.0731 e. The first-order chi connectivity index (χ1) is 8.71. The highest BCUT2D eigenvalue weighted by molar-refractivity contribution is 5.07. The maximum Gasteiger partial charge on any atom is 0.0731 e. The summed E-state index contributed by atoms with van der Waals surface area (Å²) in [6.07, 6.45) is 7.55. The average molecular weight is 253 g/mol. The predicted octanol–water partition coefficient (Wildman–Crippen LogP) is 2.15. The molecule has 0 aromatic carbocycles. The number of nitrogens with zero attached hydrogens (tertiary/aromatic N) is 2. The van der Waals surface area contributed by atoms with Crippen LogP contribution in [-0.4, -0.2) is 35.1 Å². The molecular formula is C14H27N3O. The monoisotopic (exact) mass is 253 g/mol. The summed E-state index contributed by atoms with van der Waals surface area (Å²) in [6.45, 7) is 8.16. The molecule has 2 unspecified atom stereocenters. The summed E-state index contributed by atoms with van der Waals surface area (Å²) in [5.41, 5.74) is 1.27.